The van der Waals surface area contributed by atoms with Gasteiger partial charge in [0.25, 0.3) is 0 Å². The Balaban J connectivity index is 0.00000180. The van der Waals surface area contributed by atoms with E-state index < -0.39 is 0 Å². The van der Waals surface area contributed by atoms with Crippen molar-refractivity contribution in [2.24, 2.45) is 13.0 Å². The summed E-state index contributed by atoms with van der Waals surface area (Å²) in [6.45, 7) is 4.00. The van der Waals surface area contributed by atoms with Gasteiger partial charge in [0.15, 0.2) is 0 Å². The molecule has 5 nitrogen and oxygen atoms in total. The molecule has 0 atom stereocenters. The zero-order chi connectivity index (χ0) is 13.0. The van der Waals surface area contributed by atoms with Crippen LogP contribution in [0.5, 0.6) is 0 Å². The number of nitrogens with one attached hydrogen (secondary N) is 2. The lowest BCUT2D eigenvalue weighted by Gasteiger charge is -2.21. The summed E-state index contributed by atoms with van der Waals surface area (Å²) >= 11 is 0. The average Bonchev–Trinajstić information content (AvgIpc) is 2.71. The number of hydrogen-bond acceptors (Lipinski definition) is 3. The highest BCUT2D eigenvalue weighted by atomic mass is 35.5. The first-order chi connectivity index (χ1) is 8.70. The van der Waals surface area contributed by atoms with Crippen molar-refractivity contribution in [1.82, 2.24) is 15.1 Å². The molecule has 0 saturated carbocycles. The van der Waals surface area contributed by atoms with Gasteiger partial charge in [-0.2, -0.15) is 5.10 Å². The zero-order valence-corrected chi connectivity index (χ0v) is 12.4. The van der Waals surface area contributed by atoms with E-state index in [9.17, 15) is 4.79 Å². The van der Waals surface area contributed by atoms with Crippen LogP contribution in [-0.4, -0.2) is 28.8 Å². The Kier molecular flexibility index (Phi) is 6.31. The van der Waals surface area contributed by atoms with E-state index in [-0.39, 0.29) is 24.2 Å². The molecule has 1 saturated heterocycles. The maximum atomic E-state index is 12.1. The van der Waals surface area contributed by atoms with Crippen molar-refractivity contribution in [3.05, 3.63) is 11.8 Å². The zero-order valence-electron chi connectivity index (χ0n) is 11.6. The fourth-order valence-electron chi connectivity index (χ4n) is 2.33. The summed E-state index contributed by atoms with van der Waals surface area (Å²) in [5, 5.41) is 10.6. The number of aromatic nitrogens is 2. The van der Waals surface area contributed by atoms with Gasteiger partial charge < -0.3 is 10.6 Å². The summed E-state index contributed by atoms with van der Waals surface area (Å²) < 4.78 is 1.75. The second-order valence-corrected chi connectivity index (χ2v) is 4.91. The van der Waals surface area contributed by atoms with Crippen molar-refractivity contribution in [3.63, 3.8) is 0 Å². The lowest BCUT2D eigenvalue weighted by molar-refractivity contribution is -0.120. The molecular weight excluding hydrogens is 264 g/mol. The highest BCUT2D eigenvalue weighted by Gasteiger charge is 2.21. The minimum atomic E-state index is 0. The molecule has 1 aromatic heterocycles. The van der Waals surface area contributed by atoms with Crippen LogP contribution in [0.15, 0.2) is 6.07 Å². The predicted octanol–water partition coefficient (Wildman–Crippen LogP) is 1.73. The Morgan fingerprint density at radius 2 is 2.21 bits per heavy atom. The summed E-state index contributed by atoms with van der Waals surface area (Å²) in [5.41, 5.74) is 1.04. The molecule has 1 amide bonds. The number of aryl methyl sites for hydroxylation is 2. The third-order valence-corrected chi connectivity index (χ3v) is 3.40. The van der Waals surface area contributed by atoms with Gasteiger partial charge in [-0.05, 0) is 32.4 Å². The minimum Gasteiger partial charge on any atom is -0.317 e. The number of anilines is 1. The average molecular weight is 287 g/mol. The Bertz CT molecular complexity index is 413. The number of rotatable bonds is 4. The molecule has 108 valence electrons. The first kappa shape index (κ1) is 16.0. The van der Waals surface area contributed by atoms with E-state index in [1.54, 1.807) is 4.68 Å². The van der Waals surface area contributed by atoms with E-state index >= 15 is 0 Å². The lowest BCUT2D eigenvalue weighted by Crippen LogP contribution is -2.34. The molecule has 2 heterocycles. The standard InChI is InChI=1S/C13H22N4O.ClH/c1-3-4-11-9-12(17(2)16-11)15-13(18)10-5-7-14-8-6-10;/h9-10,14H,3-8H2,1-2H3,(H,15,18);1H. The molecule has 0 aliphatic carbocycles. The minimum absolute atomic E-state index is 0. The van der Waals surface area contributed by atoms with Crippen molar-refractivity contribution in [3.8, 4) is 0 Å². The number of nitrogens with zero attached hydrogens (tertiary/aromatic N) is 2. The van der Waals surface area contributed by atoms with Gasteiger partial charge in [0.2, 0.25) is 5.91 Å². The van der Waals surface area contributed by atoms with Gasteiger partial charge in [-0.1, -0.05) is 13.3 Å². The van der Waals surface area contributed by atoms with Crippen LogP contribution in [0.2, 0.25) is 0 Å². The van der Waals surface area contributed by atoms with Crippen LogP contribution in [0.4, 0.5) is 5.82 Å². The van der Waals surface area contributed by atoms with Crippen molar-refractivity contribution in [2.75, 3.05) is 18.4 Å². The van der Waals surface area contributed by atoms with Crippen LogP contribution in [0.3, 0.4) is 0 Å². The Morgan fingerprint density at radius 1 is 1.53 bits per heavy atom. The maximum Gasteiger partial charge on any atom is 0.228 e. The SMILES string of the molecule is CCCc1cc(NC(=O)C2CCNCC2)n(C)n1.Cl. The number of amides is 1. The number of carbonyl (C=O) groups excluding carboxylic acids is 1. The maximum absolute atomic E-state index is 12.1. The van der Waals surface area contributed by atoms with Crippen LogP contribution in [0.1, 0.15) is 31.9 Å². The molecule has 19 heavy (non-hydrogen) atoms. The molecule has 0 bridgehead atoms. The number of carbonyl (C=O) groups is 1. The van der Waals surface area contributed by atoms with Gasteiger partial charge in [0.1, 0.15) is 5.82 Å². The van der Waals surface area contributed by atoms with E-state index in [1.807, 2.05) is 13.1 Å². The molecule has 1 aliphatic heterocycles. The number of hydrogen-bond donors (Lipinski definition) is 2. The van der Waals surface area contributed by atoms with E-state index in [0.717, 1.165) is 50.3 Å². The Hall–Kier alpha value is -1.07. The molecule has 0 radical (unpaired) electrons. The highest BCUT2D eigenvalue weighted by molar-refractivity contribution is 5.91. The molecule has 0 unspecified atom stereocenters. The number of piperidine rings is 1. The quantitative estimate of drug-likeness (QED) is 0.886. The molecular formula is C13H23ClN4O. The van der Waals surface area contributed by atoms with Crippen molar-refractivity contribution in [1.29, 1.82) is 0 Å². The van der Waals surface area contributed by atoms with Crippen LogP contribution >= 0.6 is 12.4 Å². The fourth-order valence-corrected chi connectivity index (χ4v) is 2.33. The fraction of sp³-hybridized carbons (Fsp3) is 0.692. The van der Waals surface area contributed by atoms with Crippen LogP contribution in [0, 0.1) is 5.92 Å². The third kappa shape index (κ3) is 4.21. The van der Waals surface area contributed by atoms with E-state index in [4.69, 9.17) is 0 Å². The summed E-state index contributed by atoms with van der Waals surface area (Å²) in [4.78, 5) is 12.1. The third-order valence-electron chi connectivity index (χ3n) is 3.40. The Labute approximate surface area is 120 Å². The van der Waals surface area contributed by atoms with E-state index in [2.05, 4.69) is 22.7 Å². The first-order valence-corrected chi connectivity index (χ1v) is 6.75. The summed E-state index contributed by atoms with van der Waals surface area (Å²) in [6.07, 6.45) is 3.87. The highest BCUT2D eigenvalue weighted by Crippen LogP contribution is 2.16. The summed E-state index contributed by atoms with van der Waals surface area (Å²) in [6, 6.07) is 1.97. The molecule has 2 N–H and O–H groups in total. The topological polar surface area (TPSA) is 59.0 Å². The monoisotopic (exact) mass is 286 g/mol. The second-order valence-electron chi connectivity index (χ2n) is 4.91. The predicted molar refractivity (Wildman–Crippen MR) is 78.7 cm³/mol. The van der Waals surface area contributed by atoms with E-state index in [0.29, 0.717) is 0 Å². The summed E-state index contributed by atoms with van der Waals surface area (Å²) in [7, 11) is 1.87. The van der Waals surface area contributed by atoms with Crippen molar-refractivity contribution >= 4 is 24.1 Å². The largest absolute Gasteiger partial charge is 0.317 e. The first-order valence-electron chi connectivity index (χ1n) is 6.75. The van der Waals surface area contributed by atoms with Crippen molar-refractivity contribution in [2.45, 2.75) is 32.6 Å². The van der Waals surface area contributed by atoms with Gasteiger partial charge >= 0.3 is 0 Å². The van der Waals surface area contributed by atoms with Gasteiger partial charge in [-0.25, -0.2) is 0 Å². The number of halogens is 1. The van der Waals surface area contributed by atoms with Crippen molar-refractivity contribution < 1.29 is 4.79 Å². The van der Waals surface area contributed by atoms with E-state index in [1.165, 1.54) is 0 Å². The Morgan fingerprint density at radius 3 is 2.84 bits per heavy atom. The molecule has 0 aromatic carbocycles. The second kappa shape index (κ2) is 7.50. The van der Waals surface area contributed by atoms with Gasteiger partial charge in [-0.15, -0.1) is 12.4 Å². The van der Waals surface area contributed by atoms with Gasteiger partial charge in [0, 0.05) is 19.0 Å². The van der Waals surface area contributed by atoms with Gasteiger partial charge in [-0.3, -0.25) is 9.48 Å². The molecule has 1 fully saturated rings. The summed E-state index contributed by atoms with van der Waals surface area (Å²) in [5.74, 6) is 1.07. The van der Waals surface area contributed by atoms with Crippen LogP contribution in [-0.2, 0) is 18.3 Å². The van der Waals surface area contributed by atoms with Crippen LogP contribution in [0.25, 0.3) is 0 Å². The smallest absolute Gasteiger partial charge is 0.228 e. The normalized spacial score (nSPS) is 15.9. The molecule has 0 spiro atoms. The molecule has 2 rings (SSSR count). The van der Waals surface area contributed by atoms with Crippen LogP contribution < -0.4 is 10.6 Å². The van der Waals surface area contributed by atoms with Gasteiger partial charge in [0.05, 0.1) is 5.69 Å². The molecule has 1 aliphatic rings. The lowest BCUT2D eigenvalue weighted by atomic mass is 9.97. The molecule has 6 heteroatoms. The molecule has 1 aromatic rings.